The third kappa shape index (κ3) is 6.79. The number of methoxy groups -OCH3 is 1. The molecule has 0 atom stereocenters. The molecule has 0 bridgehead atoms. The Morgan fingerprint density at radius 1 is 1.34 bits per heavy atom. The van der Waals surface area contributed by atoms with E-state index in [0.29, 0.717) is 36.4 Å². The zero-order chi connectivity index (χ0) is 20.3. The molecule has 0 unspecified atom stereocenters. The van der Waals surface area contributed by atoms with Crippen LogP contribution in [0, 0.1) is 0 Å². The van der Waals surface area contributed by atoms with Gasteiger partial charge in [0.25, 0.3) is 5.89 Å². The van der Waals surface area contributed by atoms with Crippen molar-refractivity contribution in [2.45, 2.75) is 31.7 Å². The Hall–Kier alpha value is -2.52. The number of nitrogens with zero attached hydrogens (tertiary/aromatic N) is 5. The van der Waals surface area contributed by atoms with Crippen molar-refractivity contribution in [3.05, 3.63) is 30.2 Å². The van der Waals surface area contributed by atoms with Crippen LogP contribution < -0.4 is 10.6 Å². The minimum absolute atomic E-state index is 0.445. The predicted molar refractivity (Wildman–Crippen MR) is 112 cm³/mol. The number of aliphatic imine (C=N–C) groups is 1. The summed E-state index contributed by atoms with van der Waals surface area (Å²) in [6.45, 7) is 4.84. The fourth-order valence-corrected chi connectivity index (χ4v) is 3.36. The first-order valence-corrected chi connectivity index (χ1v) is 10.2. The van der Waals surface area contributed by atoms with Crippen LogP contribution in [-0.4, -0.2) is 79.0 Å². The number of nitrogens with one attached hydrogen (secondary N) is 2. The van der Waals surface area contributed by atoms with E-state index < -0.39 is 0 Å². The van der Waals surface area contributed by atoms with Gasteiger partial charge in [0, 0.05) is 65.6 Å². The minimum Gasteiger partial charge on any atom is -0.385 e. The first-order valence-electron chi connectivity index (χ1n) is 10.2. The van der Waals surface area contributed by atoms with Crippen LogP contribution in [0.15, 0.2) is 33.9 Å². The molecule has 9 nitrogen and oxygen atoms in total. The maximum absolute atomic E-state index is 5.29. The highest BCUT2D eigenvalue weighted by atomic mass is 16.5. The Labute approximate surface area is 171 Å². The van der Waals surface area contributed by atoms with Crippen LogP contribution in [0.4, 0.5) is 0 Å². The van der Waals surface area contributed by atoms with E-state index in [1.807, 2.05) is 18.2 Å². The van der Waals surface area contributed by atoms with Gasteiger partial charge < -0.3 is 24.8 Å². The zero-order valence-corrected chi connectivity index (χ0v) is 17.3. The van der Waals surface area contributed by atoms with Crippen molar-refractivity contribution in [3.8, 4) is 11.6 Å². The van der Waals surface area contributed by atoms with Gasteiger partial charge in [-0.1, -0.05) is 11.2 Å². The normalized spacial score (nSPS) is 16.1. The topological polar surface area (TPSA) is 101 Å². The molecule has 0 aliphatic carbocycles. The number of ether oxygens (including phenoxy) is 1. The summed E-state index contributed by atoms with van der Waals surface area (Å²) in [6, 6.07) is 6.05. The third-order valence-corrected chi connectivity index (χ3v) is 4.97. The number of likely N-dealkylation sites (tertiary alicyclic amines) is 1. The summed E-state index contributed by atoms with van der Waals surface area (Å²) in [5.41, 5.74) is 0.685. The maximum Gasteiger partial charge on any atom is 0.276 e. The summed E-state index contributed by atoms with van der Waals surface area (Å²) in [7, 11) is 3.55. The molecule has 2 aromatic heterocycles. The van der Waals surface area contributed by atoms with Crippen LogP contribution in [-0.2, 0) is 11.2 Å². The van der Waals surface area contributed by atoms with E-state index in [0.717, 1.165) is 51.5 Å². The lowest BCUT2D eigenvalue weighted by atomic mass is 10.1. The van der Waals surface area contributed by atoms with Crippen molar-refractivity contribution in [1.29, 1.82) is 0 Å². The fraction of sp³-hybridized carbons (Fsp3) is 0.600. The van der Waals surface area contributed by atoms with E-state index in [-0.39, 0.29) is 0 Å². The van der Waals surface area contributed by atoms with E-state index >= 15 is 0 Å². The molecule has 3 heterocycles. The van der Waals surface area contributed by atoms with Crippen LogP contribution in [0.1, 0.15) is 25.1 Å². The van der Waals surface area contributed by atoms with E-state index in [2.05, 4.69) is 35.7 Å². The van der Waals surface area contributed by atoms with Gasteiger partial charge >= 0.3 is 0 Å². The van der Waals surface area contributed by atoms with Crippen molar-refractivity contribution in [2.75, 3.05) is 46.9 Å². The molecule has 2 aromatic rings. The lowest BCUT2D eigenvalue weighted by Crippen LogP contribution is -2.49. The van der Waals surface area contributed by atoms with Crippen molar-refractivity contribution >= 4 is 5.96 Å². The first kappa shape index (κ1) is 21.2. The third-order valence-electron chi connectivity index (χ3n) is 4.97. The number of rotatable bonds is 9. The van der Waals surface area contributed by atoms with Gasteiger partial charge in [-0.3, -0.25) is 9.98 Å². The fourth-order valence-electron chi connectivity index (χ4n) is 3.36. The molecule has 29 heavy (non-hydrogen) atoms. The summed E-state index contributed by atoms with van der Waals surface area (Å²) in [5.74, 6) is 1.91. The SMILES string of the molecule is CN=C(NCCc1noc(-c2ccccn2)n1)NC1CCN(CCCOC)CC1. The smallest absolute Gasteiger partial charge is 0.276 e. The van der Waals surface area contributed by atoms with Crippen LogP contribution in [0.25, 0.3) is 11.6 Å². The lowest BCUT2D eigenvalue weighted by molar-refractivity contribution is 0.155. The molecule has 1 saturated heterocycles. The van der Waals surface area contributed by atoms with Crippen molar-refractivity contribution in [3.63, 3.8) is 0 Å². The molecule has 3 rings (SSSR count). The van der Waals surface area contributed by atoms with Crippen LogP contribution in [0.2, 0.25) is 0 Å². The monoisotopic (exact) mass is 401 g/mol. The quantitative estimate of drug-likeness (QED) is 0.369. The van der Waals surface area contributed by atoms with Gasteiger partial charge in [0.05, 0.1) is 0 Å². The maximum atomic E-state index is 5.29. The Balaban J connectivity index is 1.36. The second kappa shape index (κ2) is 11.5. The van der Waals surface area contributed by atoms with Crippen molar-refractivity contribution in [2.24, 2.45) is 4.99 Å². The molecule has 158 valence electrons. The Kier molecular flexibility index (Phi) is 8.39. The number of guanidine groups is 1. The lowest BCUT2D eigenvalue weighted by Gasteiger charge is -2.33. The van der Waals surface area contributed by atoms with Gasteiger partial charge in [0.2, 0.25) is 0 Å². The van der Waals surface area contributed by atoms with E-state index in [9.17, 15) is 0 Å². The van der Waals surface area contributed by atoms with E-state index in [1.165, 1.54) is 0 Å². The molecular formula is C20H31N7O2. The molecule has 9 heteroatoms. The molecule has 0 amide bonds. The van der Waals surface area contributed by atoms with Crippen LogP contribution >= 0.6 is 0 Å². The summed E-state index contributed by atoms with van der Waals surface area (Å²) >= 11 is 0. The van der Waals surface area contributed by atoms with Gasteiger partial charge in [0.1, 0.15) is 5.69 Å². The summed E-state index contributed by atoms with van der Waals surface area (Å²) < 4.78 is 10.4. The molecule has 0 radical (unpaired) electrons. The van der Waals surface area contributed by atoms with Gasteiger partial charge in [-0.05, 0) is 31.4 Å². The Morgan fingerprint density at radius 3 is 2.93 bits per heavy atom. The molecule has 0 spiro atoms. The van der Waals surface area contributed by atoms with Crippen molar-refractivity contribution < 1.29 is 9.26 Å². The molecule has 0 aromatic carbocycles. The zero-order valence-electron chi connectivity index (χ0n) is 17.3. The van der Waals surface area contributed by atoms with Crippen molar-refractivity contribution in [1.82, 2.24) is 30.7 Å². The predicted octanol–water partition coefficient (Wildman–Crippen LogP) is 1.34. The van der Waals surface area contributed by atoms with E-state index in [1.54, 1.807) is 20.4 Å². The molecule has 0 saturated carbocycles. The average Bonchev–Trinajstić information content (AvgIpc) is 3.24. The highest BCUT2D eigenvalue weighted by Crippen LogP contribution is 2.13. The molecule has 1 aliphatic heterocycles. The molecule has 1 fully saturated rings. The molecule has 1 aliphatic rings. The second-order valence-electron chi connectivity index (χ2n) is 7.09. The number of aromatic nitrogens is 3. The standard InChI is InChI=1S/C20H31N7O2/c1-21-20(24-16-8-13-27(14-9-16)12-5-15-28-2)23-11-7-18-25-19(29-26-18)17-6-3-4-10-22-17/h3-4,6,10,16H,5,7-9,11-15H2,1-2H3,(H2,21,23,24). The number of piperidine rings is 1. The largest absolute Gasteiger partial charge is 0.385 e. The minimum atomic E-state index is 0.445. The van der Waals surface area contributed by atoms with Gasteiger partial charge in [-0.25, -0.2) is 0 Å². The summed E-state index contributed by atoms with van der Waals surface area (Å²) in [6.07, 6.45) is 5.68. The van der Waals surface area contributed by atoms with Crippen LogP contribution in [0.3, 0.4) is 0 Å². The second-order valence-corrected chi connectivity index (χ2v) is 7.09. The average molecular weight is 402 g/mol. The molecule has 2 N–H and O–H groups in total. The van der Waals surface area contributed by atoms with Gasteiger partial charge in [-0.15, -0.1) is 0 Å². The Morgan fingerprint density at radius 2 is 2.21 bits per heavy atom. The van der Waals surface area contributed by atoms with Crippen LogP contribution in [0.5, 0.6) is 0 Å². The van der Waals surface area contributed by atoms with E-state index in [4.69, 9.17) is 9.26 Å². The highest BCUT2D eigenvalue weighted by Gasteiger charge is 2.19. The molecular weight excluding hydrogens is 370 g/mol. The summed E-state index contributed by atoms with van der Waals surface area (Å²) in [5, 5.41) is 10.9. The first-order chi connectivity index (χ1) is 14.3. The van der Waals surface area contributed by atoms with Gasteiger partial charge in [0.15, 0.2) is 11.8 Å². The summed E-state index contributed by atoms with van der Waals surface area (Å²) in [4.78, 5) is 15.5. The number of hydrogen-bond acceptors (Lipinski definition) is 7. The highest BCUT2D eigenvalue weighted by molar-refractivity contribution is 5.79. The number of pyridine rings is 1. The van der Waals surface area contributed by atoms with Gasteiger partial charge in [-0.2, -0.15) is 4.98 Å². The Bertz CT molecular complexity index is 742. The number of hydrogen-bond donors (Lipinski definition) is 2.